The van der Waals surface area contributed by atoms with Gasteiger partial charge in [-0.2, -0.15) is 0 Å². The molecule has 2 aromatic heterocycles. The molecule has 0 saturated carbocycles. The molecule has 2 aromatic rings. The molecule has 0 bridgehead atoms. The van der Waals surface area contributed by atoms with Crippen LogP contribution in [0.15, 0.2) is 18.3 Å². The van der Waals surface area contributed by atoms with Crippen molar-refractivity contribution in [1.82, 2.24) is 19.8 Å². The van der Waals surface area contributed by atoms with Crippen LogP contribution in [0.3, 0.4) is 0 Å². The molecule has 0 saturated heterocycles. The van der Waals surface area contributed by atoms with Crippen molar-refractivity contribution in [2.24, 2.45) is 0 Å². The Morgan fingerprint density at radius 1 is 1.50 bits per heavy atom. The van der Waals surface area contributed by atoms with E-state index in [9.17, 15) is 0 Å². The maximum atomic E-state index is 3.78. The third-order valence-corrected chi connectivity index (χ3v) is 1.76. The molecule has 10 heavy (non-hydrogen) atoms. The van der Waals surface area contributed by atoms with Gasteiger partial charge in [0.1, 0.15) is 0 Å². The Labute approximate surface area is 61.1 Å². The second-order valence-electron chi connectivity index (χ2n) is 1.75. The molecule has 0 fully saturated rings. The molecule has 0 aliphatic rings. The van der Waals surface area contributed by atoms with Crippen molar-refractivity contribution < 1.29 is 0 Å². The minimum atomic E-state index is 0.824. The molecule has 1 N–H and O–H groups in total. The van der Waals surface area contributed by atoms with E-state index in [1.54, 1.807) is 0 Å². The number of aromatic amines is 1. The second kappa shape index (κ2) is 2.18. The minimum absolute atomic E-state index is 0.824. The first-order valence-electron chi connectivity index (χ1n) is 2.75. The topological polar surface area (TPSA) is 54.5 Å². The van der Waals surface area contributed by atoms with Gasteiger partial charge in [0, 0.05) is 17.7 Å². The van der Waals surface area contributed by atoms with Crippen molar-refractivity contribution in [2.45, 2.75) is 0 Å². The fourth-order valence-corrected chi connectivity index (χ4v) is 1.15. The highest BCUT2D eigenvalue weighted by molar-refractivity contribution is 7.08. The summed E-state index contributed by atoms with van der Waals surface area (Å²) >= 11 is 1.28. The summed E-state index contributed by atoms with van der Waals surface area (Å²) in [5.74, 6) is 0. The van der Waals surface area contributed by atoms with E-state index in [1.807, 2.05) is 18.3 Å². The summed E-state index contributed by atoms with van der Waals surface area (Å²) in [6.45, 7) is 0. The van der Waals surface area contributed by atoms with Crippen LogP contribution < -0.4 is 0 Å². The largest absolute Gasteiger partial charge is 0.359 e. The second-order valence-corrected chi connectivity index (χ2v) is 2.48. The summed E-state index contributed by atoms with van der Waals surface area (Å²) in [5.41, 5.74) is 0.968. The fourth-order valence-electron chi connectivity index (χ4n) is 0.700. The van der Waals surface area contributed by atoms with Gasteiger partial charge < -0.3 is 4.98 Å². The molecular weight excluding hydrogens is 148 g/mol. The first kappa shape index (κ1) is 5.55. The molecule has 0 atom stereocenters. The molecule has 4 nitrogen and oxygen atoms in total. The van der Waals surface area contributed by atoms with Gasteiger partial charge in [-0.25, -0.2) is 0 Å². The van der Waals surface area contributed by atoms with Crippen molar-refractivity contribution in [3.8, 4) is 10.7 Å². The van der Waals surface area contributed by atoms with E-state index in [-0.39, 0.29) is 0 Å². The Morgan fingerprint density at radius 3 is 3.10 bits per heavy atom. The van der Waals surface area contributed by atoms with Gasteiger partial charge in [-0.1, -0.05) is 4.49 Å². The molecular formula is C5H4N4S. The number of H-pyrrole nitrogens is 1. The summed E-state index contributed by atoms with van der Waals surface area (Å²) in [7, 11) is 0. The van der Waals surface area contributed by atoms with Crippen LogP contribution in [-0.4, -0.2) is 19.8 Å². The number of aromatic nitrogens is 4. The molecule has 0 unspecified atom stereocenters. The van der Waals surface area contributed by atoms with Crippen LogP contribution in [0.5, 0.6) is 0 Å². The molecule has 0 radical (unpaired) electrons. The zero-order valence-corrected chi connectivity index (χ0v) is 5.80. The Balaban J connectivity index is 2.48. The zero-order chi connectivity index (χ0) is 6.81. The maximum absolute atomic E-state index is 3.78. The van der Waals surface area contributed by atoms with Crippen LogP contribution in [0.1, 0.15) is 0 Å². The molecule has 5 heteroatoms. The van der Waals surface area contributed by atoms with Crippen molar-refractivity contribution in [3.05, 3.63) is 18.3 Å². The first-order valence-corrected chi connectivity index (χ1v) is 3.53. The van der Waals surface area contributed by atoms with Crippen LogP contribution in [-0.2, 0) is 0 Å². The number of hydrogen-bond acceptors (Lipinski definition) is 4. The average Bonchev–Trinajstić information content (AvgIpc) is 2.59. The van der Waals surface area contributed by atoms with E-state index in [1.165, 1.54) is 11.5 Å². The summed E-state index contributed by atoms with van der Waals surface area (Å²) in [4.78, 5) is 3.01. The Morgan fingerprint density at radius 2 is 2.50 bits per heavy atom. The van der Waals surface area contributed by atoms with E-state index < -0.39 is 0 Å². The van der Waals surface area contributed by atoms with Crippen LogP contribution in [0.2, 0.25) is 0 Å². The molecule has 0 aliphatic carbocycles. The third kappa shape index (κ3) is 0.801. The highest BCUT2D eigenvalue weighted by Crippen LogP contribution is 2.14. The van der Waals surface area contributed by atoms with Crippen molar-refractivity contribution in [2.75, 3.05) is 0 Å². The maximum Gasteiger partial charge on any atom is 0.184 e. The summed E-state index contributed by atoms with van der Waals surface area (Å²) in [6, 6.07) is 3.85. The lowest BCUT2D eigenvalue weighted by Gasteiger charge is -1.82. The highest BCUT2D eigenvalue weighted by atomic mass is 32.1. The number of nitrogens with one attached hydrogen (secondary N) is 1. The van der Waals surface area contributed by atoms with Gasteiger partial charge in [0.25, 0.3) is 0 Å². The van der Waals surface area contributed by atoms with Gasteiger partial charge in [-0.3, -0.25) is 0 Å². The lowest BCUT2D eigenvalue weighted by molar-refractivity contribution is 0.960. The summed E-state index contributed by atoms with van der Waals surface area (Å²) in [5, 5.41) is 8.09. The van der Waals surface area contributed by atoms with Gasteiger partial charge in [-0.15, -0.1) is 5.10 Å². The number of hydrogen-bond donors (Lipinski definition) is 1. The monoisotopic (exact) mass is 152 g/mol. The zero-order valence-electron chi connectivity index (χ0n) is 4.98. The molecule has 2 heterocycles. The molecule has 0 amide bonds. The highest BCUT2D eigenvalue weighted by Gasteiger charge is 2.00. The van der Waals surface area contributed by atoms with Gasteiger partial charge >= 0.3 is 0 Å². The Hall–Kier alpha value is -1.23. The smallest absolute Gasteiger partial charge is 0.184 e. The normalized spacial score (nSPS) is 10.0. The molecule has 50 valence electrons. The SMILES string of the molecule is c1c[nH]c(-c2nnns2)c1. The van der Waals surface area contributed by atoms with Crippen LogP contribution >= 0.6 is 11.5 Å². The average molecular weight is 152 g/mol. The molecule has 0 aliphatic heterocycles. The summed E-state index contributed by atoms with van der Waals surface area (Å²) in [6.07, 6.45) is 1.84. The molecule has 0 spiro atoms. The quantitative estimate of drug-likeness (QED) is 0.661. The van der Waals surface area contributed by atoms with E-state index in [0.29, 0.717) is 0 Å². The molecule has 0 aromatic carbocycles. The summed E-state index contributed by atoms with van der Waals surface area (Å²) < 4.78 is 3.64. The van der Waals surface area contributed by atoms with Gasteiger partial charge in [0.2, 0.25) is 0 Å². The molecule has 2 rings (SSSR count). The van der Waals surface area contributed by atoms with Gasteiger partial charge in [0.05, 0.1) is 5.69 Å². The first-order chi connectivity index (χ1) is 4.97. The number of nitrogens with zero attached hydrogens (tertiary/aromatic N) is 3. The Kier molecular flexibility index (Phi) is 1.21. The fraction of sp³-hybridized carbons (Fsp3) is 0. The minimum Gasteiger partial charge on any atom is -0.359 e. The number of rotatable bonds is 1. The van der Waals surface area contributed by atoms with Gasteiger partial charge in [0.15, 0.2) is 5.01 Å². The van der Waals surface area contributed by atoms with E-state index in [2.05, 4.69) is 19.8 Å². The Bertz CT molecular complexity index is 253. The van der Waals surface area contributed by atoms with Crippen LogP contribution in [0.4, 0.5) is 0 Å². The van der Waals surface area contributed by atoms with Crippen molar-refractivity contribution in [3.63, 3.8) is 0 Å². The van der Waals surface area contributed by atoms with Crippen molar-refractivity contribution >= 4 is 11.5 Å². The van der Waals surface area contributed by atoms with E-state index in [0.717, 1.165) is 10.7 Å². The van der Waals surface area contributed by atoms with E-state index >= 15 is 0 Å². The van der Waals surface area contributed by atoms with Crippen LogP contribution in [0.25, 0.3) is 10.7 Å². The third-order valence-electron chi connectivity index (χ3n) is 1.13. The standard InChI is InChI=1S/C5H4N4S/c1-2-4(6-3-1)5-7-8-9-10-5/h1-3,6H. The lowest BCUT2D eigenvalue weighted by Crippen LogP contribution is -1.74. The van der Waals surface area contributed by atoms with Gasteiger partial charge in [-0.05, 0) is 17.3 Å². The van der Waals surface area contributed by atoms with Crippen LogP contribution in [0, 0.1) is 0 Å². The lowest BCUT2D eigenvalue weighted by atomic mass is 10.5. The predicted molar refractivity (Wildman–Crippen MR) is 37.5 cm³/mol. The van der Waals surface area contributed by atoms with E-state index in [4.69, 9.17) is 0 Å². The predicted octanol–water partition coefficient (Wildman–Crippen LogP) is 0.928. The van der Waals surface area contributed by atoms with Crippen molar-refractivity contribution in [1.29, 1.82) is 0 Å².